The van der Waals surface area contributed by atoms with Gasteiger partial charge in [-0.2, -0.15) is 0 Å². The van der Waals surface area contributed by atoms with E-state index >= 15 is 0 Å². The standard InChI is InChI=1S/C12H17FN2O/c13-11-3-1-2-10(8-11)12(9-14)15-4-6-16-7-5-15/h1-3,8,12H,4-7,9,14H2. The molecule has 1 unspecified atom stereocenters. The lowest BCUT2D eigenvalue weighted by Crippen LogP contribution is -2.41. The van der Waals surface area contributed by atoms with Crippen LogP contribution >= 0.6 is 0 Å². The Morgan fingerprint density at radius 2 is 2.12 bits per heavy atom. The number of morpholine rings is 1. The fourth-order valence-corrected chi connectivity index (χ4v) is 2.10. The highest BCUT2D eigenvalue weighted by Crippen LogP contribution is 2.21. The molecule has 0 aliphatic carbocycles. The largest absolute Gasteiger partial charge is 0.379 e. The van der Waals surface area contributed by atoms with E-state index in [-0.39, 0.29) is 11.9 Å². The van der Waals surface area contributed by atoms with Crippen LogP contribution in [0.25, 0.3) is 0 Å². The average Bonchev–Trinajstić information content (AvgIpc) is 2.31. The topological polar surface area (TPSA) is 38.5 Å². The van der Waals surface area contributed by atoms with Crippen LogP contribution in [0.15, 0.2) is 24.3 Å². The first-order chi connectivity index (χ1) is 7.81. The van der Waals surface area contributed by atoms with Crippen molar-refractivity contribution < 1.29 is 9.13 Å². The van der Waals surface area contributed by atoms with Gasteiger partial charge in [0.1, 0.15) is 5.82 Å². The van der Waals surface area contributed by atoms with Gasteiger partial charge in [-0.3, -0.25) is 4.90 Å². The van der Waals surface area contributed by atoms with Crippen molar-refractivity contribution in [1.29, 1.82) is 0 Å². The van der Waals surface area contributed by atoms with Gasteiger partial charge in [-0.15, -0.1) is 0 Å². The minimum Gasteiger partial charge on any atom is -0.379 e. The summed E-state index contributed by atoms with van der Waals surface area (Å²) < 4.78 is 18.4. The molecular weight excluding hydrogens is 207 g/mol. The van der Waals surface area contributed by atoms with E-state index in [1.807, 2.05) is 6.07 Å². The molecule has 88 valence electrons. The molecule has 4 heteroatoms. The van der Waals surface area contributed by atoms with Gasteiger partial charge in [0.05, 0.1) is 13.2 Å². The minimum absolute atomic E-state index is 0.0969. The van der Waals surface area contributed by atoms with Gasteiger partial charge in [0.25, 0.3) is 0 Å². The van der Waals surface area contributed by atoms with E-state index in [4.69, 9.17) is 10.5 Å². The first kappa shape index (κ1) is 11.5. The summed E-state index contributed by atoms with van der Waals surface area (Å²) in [6.07, 6.45) is 0. The Bertz CT molecular complexity index is 340. The van der Waals surface area contributed by atoms with Crippen molar-refractivity contribution >= 4 is 0 Å². The third kappa shape index (κ3) is 2.58. The van der Waals surface area contributed by atoms with E-state index in [9.17, 15) is 4.39 Å². The number of hydrogen-bond acceptors (Lipinski definition) is 3. The zero-order valence-corrected chi connectivity index (χ0v) is 9.23. The summed E-state index contributed by atoms with van der Waals surface area (Å²) in [6.45, 7) is 3.68. The Hall–Kier alpha value is -0.970. The fourth-order valence-electron chi connectivity index (χ4n) is 2.10. The summed E-state index contributed by atoms with van der Waals surface area (Å²) >= 11 is 0. The first-order valence-corrected chi connectivity index (χ1v) is 5.58. The molecule has 1 aliphatic rings. The van der Waals surface area contributed by atoms with Crippen LogP contribution in [0, 0.1) is 5.82 Å². The van der Waals surface area contributed by atoms with Gasteiger partial charge in [0, 0.05) is 25.7 Å². The van der Waals surface area contributed by atoms with Crippen LogP contribution < -0.4 is 5.73 Å². The molecule has 1 fully saturated rings. The number of ether oxygens (including phenoxy) is 1. The van der Waals surface area contributed by atoms with Crippen molar-refractivity contribution in [1.82, 2.24) is 4.90 Å². The summed E-state index contributed by atoms with van der Waals surface area (Å²) in [5, 5.41) is 0. The Labute approximate surface area is 95.0 Å². The summed E-state index contributed by atoms with van der Waals surface area (Å²) in [5.74, 6) is -0.204. The predicted molar refractivity (Wildman–Crippen MR) is 60.6 cm³/mol. The van der Waals surface area contributed by atoms with Crippen molar-refractivity contribution in [3.63, 3.8) is 0 Å². The Kier molecular flexibility index (Phi) is 3.88. The summed E-state index contributed by atoms with van der Waals surface area (Å²) in [4.78, 5) is 2.25. The second-order valence-electron chi connectivity index (χ2n) is 3.95. The number of nitrogens with zero attached hydrogens (tertiary/aromatic N) is 1. The third-order valence-corrected chi connectivity index (χ3v) is 2.94. The molecule has 1 aromatic carbocycles. The van der Waals surface area contributed by atoms with Gasteiger partial charge in [-0.05, 0) is 17.7 Å². The molecule has 0 radical (unpaired) electrons. The Balaban J connectivity index is 2.14. The molecule has 2 N–H and O–H groups in total. The fraction of sp³-hybridized carbons (Fsp3) is 0.500. The van der Waals surface area contributed by atoms with E-state index < -0.39 is 0 Å². The second kappa shape index (κ2) is 5.39. The lowest BCUT2D eigenvalue weighted by atomic mass is 10.0. The Morgan fingerprint density at radius 3 is 2.75 bits per heavy atom. The molecule has 0 saturated carbocycles. The highest BCUT2D eigenvalue weighted by molar-refractivity contribution is 5.20. The second-order valence-corrected chi connectivity index (χ2v) is 3.95. The quantitative estimate of drug-likeness (QED) is 0.837. The highest BCUT2D eigenvalue weighted by atomic mass is 19.1. The molecule has 0 aromatic heterocycles. The zero-order valence-electron chi connectivity index (χ0n) is 9.23. The van der Waals surface area contributed by atoms with E-state index in [2.05, 4.69) is 4.90 Å². The van der Waals surface area contributed by atoms with Gasteiger partial charge >= 0.3 is 0 Å². The van der Waals surface area contributed by atoms with Gasteiger partial charge in [0.2, 0.25) is 0 Å². The van der Waals surface area contributed by atoms with Crippen LogP contribution in [0.5, 0.6) is 0 Å². The normalized spacial score (nSPS) is 19.6. The minimum atomic E-state index is -0.204. The number of rotatable bonds is 3. The van der Waals surface area contributed by atoms with E-state index in [1.54, 1.807) is 12.1 Å². The van der Waals surface area contributed by atoms with E-state index in [0.717, 1.165) is 31.9 Å². The molecule has 1 heterocycles. The van der Waals surface area contributed by atoms with Crippen molar-refractivity contribution in [2.75, 3.05) is 32.8 Å². The van der Waals surface area contributed by atoms with Crippen molar-refractivity contribution in [3.8, 4) is 0 Å². The molecule has 1 aliphatic heterocycles. The van der Waals surface area contributed by atoms with Gasteiger partial charge in [0.15, 0.2) is 0 Å². The lowest BCUT2D eigenvalue weighted by molar-refractivity contribution is 0.0178. The molecule has 1 atom stereocenters. The molecule has 1 aromatic rings. The number of hydrogen-bond donors (Lipinski definition) is 1. The zero-order chi connectivity index (χ0) is 11.4. The summed E-state index contributed by atoms with van der Waals surface area (Å²) in [6, 6.07) is 6.77. The summed E-state index contributed by atoms with van der Waals surface area (Å²) in [5.41, 5.74) is 6.73. The van der Waals surface area contributed by atoms with Crippen LogP contribution in [0.2, 0.25) is 0 Å². The van der Waals surface area contributed by atoms with E-state index in [0.29, 0.717) is 6.54 Å². The molecule has 1 saturated heterocycles. The maximum absolute atomic E-state index is 13.1. The van der Waals surface area contributed by atoms with Gasteiger partial charge in [-0.25, -0.2) is 4.39 Å². The predicted octanol–water partition coefficient (Wildman–Crippen LogP) is 1.16. The molecule has 0 bridgehead atoms. The highest BCUT2D eigenvalue weighted by Gasteiger charge is 2.21. The smallest absolute Gasteiger partial charge is 0.123 e. The number of nitrogens with two attached hydrogens (primary N) is 1. The van der Waals surface area contributed by atoms with Crippen LogP contribution in [0.1, 0.15) is 11.6 Å². The molecule has 0 spiro atoms. The third-order valence-electron chi connectivity index (χ3n) is 2.94. The maximum Gasteiger partial charge on any atom is 0.123 e. The SMILES string of the molecule is NCC(c1cccc(F)c1)N1CCOCC1. The molecule has 2 rings (SSSR count). The average molecular weight is 224 g/mol. The monoisotopic (exact) mass is 224 g/mol. The summed E-state index contributed by atoms with van der Waals surface area (Å²) in [7, 11) is 0. The molecule has 16 heavy (non-hydrogen) atoms. The van der Waals surface area contributed by atoms with Gasteiger partial charge < -0.3 is 10.5 Å². The van der Waals surface area contributed by atoms with Crippen LogP contribution in [-0.2, 0) is 4.74 Å². The first-order valence-electron chi connectivity index (χ1n) is 5.58. The molecule has 3 nitrogen and oxygen atoms in total. The van der Waals surface area contributed by atoms with E-state index in [1.165, 1.54) is 6.07 Å². The van der Waals surface area contributed by atoms with Crippen molar-refractivity contribution in [3.05, 3.63) is 35.6 Å². The lowest BCUT2D eigenvalue weighted by Gasteiger charge is -2.34. The van der Waals surface area contributed by atoms with Crippen molar-refractivity contribution in [2.24, 2.45) is 5.73 Å². The Morgan fingerprint density at radius 1 is 1.38 bits per heavy atom. The van der Waals surface area contributed by atoms with Crippen molar-refractivity contribution in [2.45, 2.75) is 6.04 Å². The maximum atomic E-state index is 13.1. The van der Waals surface area contributed by atoms with Crippen LogP contribution in [-0.4, -0.2) is 37.7 Å². The number of benzene rings is 1. The van der Waals surface area contributed by atoms with Gasteiger partial charge in [-0.1, -0.05) is 12.1 Å². The number of halogens is 1. The molecular formula is C12H17FN2O. The van der Waals surface area contributed by atoms with Crippen LogP contribution in [0.4, 0.5) is 4.39 Å². The molecule has 0 amide bonds. The van der Waals surface area contributed by atoms with Crippen LogP contribution in [0.3, 0.4) is 0 Å².